The topological polar surface area (TPSA) is 33.1 Å². The molecule has 1 aromatic rings. The van der Waals surface area contributed by atoms with Gasteiger partial charge >= 0.3 is 0 Å². The molecule has 1 saturated heterocycles. The molecule has 1 unspecified atom stereocenters. The van der Waals surface area contributed by atoms with Gasteiger partial charge in [-0.3, -0.25) is 4.90 Å². The number of nitrogens with one attached hydrogen (secondary N) is 1. The molecule has 1 fully saturated rings. The summed E-state index contributed by atoms with van der Waals surface area (Å²) in [6.07, 6.45) is 7.72. The van der Waals surface area contributed by atoms with Gasteiger partial charge in [0.05, 0.1) is 12.0 Å². The quantitative estimate of drug-likeness (QED) is 0.838. The second kappa shape index (κ2) is 6.17. The molecule has 0 bridgehead atoms. The Hall–Kier alpha value is -0.870. The van der Waals surface area contributed by atoms with Crippen molar-refractivity contribution in [2.24, 2.45) is 7.05 Å². The number of aryl methyl sites for hydroxylation is 1. The molecular formula is C13H24N4. The van der Waals surface area contributed by atoms with Crippen LogP contribution >= 0.6 is 0 Å². The van der Waals surface area contributed by atoms with E-state index in [4.69, 9.17) is 0 Å². The highest BCUT2D eigenvalue weighted by Crippen LogP contribution is 2.14. The molecule has 1 aromatic heterocycles. The van der Waals surface area contributed by atoms with Crippen molar-refractivity contribution in [3.05, 3.63) is 18.2 Å². The van der Waals surface area contributed by atoms with Crippen molar-refractivity contribution in [3.8, 4) is 0 Å². The zero-order valence-electron chi connectivity index (χ0n) is 11.0. The van der Waals surface area contributed by atoms with Gasteiger partial charge in [-0.2, -0.15) is 0 Å². The van der Waals surface area contributed by atoms with Crippen molar-refractivity contribution >= 4 is 0 Å². The van der Waals surface area contributed by atoms with E-state index in [9.17, 15) is 0 Å². The molecule has 0 saturated carbocycles. The van der Waals surface area contributed by atoms with Gasteiger partial charge in [-0.15, -0.1) is 0 Å². The molecule has 2 heterocycles. The summed E-state index contributed by atoms with van der Waals surface area (Å²) < 4.78 is 2.12. The minimum Gasteiger partial charge on any atom is -0.337 e. The summed E-state index contributed by atoms with van der Waals surface area (Å²) in [4.78, 5) is 6.80. The van der Waals surface area contributed by atoms with Crippen LogP contribution in [0.2, 0.25) is 0 Å². The number of imidazole rings is 1. The first kappa shape index (κ1) is 12.6. The zero-order valence-corrected chi connectivity index (χ0v) is 11.0. The maximum Gasteiger partial charge on any atom is 0.0945 e. The van der Waals surface area contributed by atoms with Gasteiger partial charge in [0.25, 0.3) is 0 Å². The molecule has 0 aromatic carbocycles. The van der Waals surface area contributed by atoms with Gasteiger partial charge in [0.1, 0.15) is 0 Å². The van der Waals surface area contributed by atoms with Crippen molar-refractivity contribution in [3.63, 3.8) is 0 Å². The fourth-order valence-corrected chi connectivity index (χ4v) is 2.57. The number of aromatic nitrogens is 2. The van der Waals surface area contributed by atoms with E-state index < -0.39 is 0 Å². The Morgan fingerprint density at radius 3 is 3.06 bits per heavy atom. The molecule has 0 aliphatic carbocycles. The van der Waals surface area contributed by atoms with Crippen LogP contribution in [0.25, 0.3) is 0 Å². The minimum atomic E-state index is 0.693. The number of hydrogen-bond donors (Lipinski definition) is 1. The first-order valence-electron chi connectivity index (χ1n) is 6.71. The third-order valence-electron chi connectivity index (χ3n) is 3.58. The molecule has 2 rings (SSSR count). The summed E-state index contributed by atoms with van der Waals surface area (Å²) >= 11 is 0. The van der Waals surface area contributed by atoms with E-state index in [1.54, 1.807) is 0 Å². The van der Waals surface area contributed by atoms with E-state index in [0.29, 0.717) is 6.04 Å². The largest absolute Gasteiger partial charge is 0.337 e. The molecule has 1 atom stereocenters. The number of nitrogens with zero attached hydrogens (tertiary/aromatic N) is 3. The van der Waals surface area contributed by atoms with Crippen LogP contribution in [0.5, 0.6) is 0 Å². The van der Waals surface area contributed by atoms with Gasteiger partial charge in [-0.25, -0.2) is 4.98 Å². The lowest BCUT2D eigenvalue weighted by molar-refractivity contribution is 0.155. The van der Waals surface area contributed by atoms with Crippen LogP contribution < -0.4 is 5.32 Å². The molecule has 1 aliphatic heterocycles. The first-order chi connectivity index (χ1) is 8.31. The number of piperidine rings is 1. The van der Waals surface area contributed by atoms with E-state index in [-0.39, 0.29) is 0 Å². The Morgan fingerprint density at radius 1 is 1.59 bits per heavy atom. The lowest BCUT2D eigenvalue weighted by Gasteiger charge is -2.34. The molecule has 4 nitrogen and oxygen atoms in total. The SMILES string of the molecule is CCCN(Cc1cncn1C)C1CCCNC1. The van der Waals surface area contributed by atoms with Gasteiger partial charge in [0.15, 0.2) is 0 Å². The number of hydrogen-bond acceptors (Lipinski definition) is 3. The second-order valence-corrected chi connectivity index (χ2v) is 4.97. The summed E-state index contributed by atoms with van der Waals surface area (Å²) in [5.41, 5.74) is 1.31. The lowest BCUT2D eigenvalue weighted by Crippen LogP contribution is -2.46. The smallest absolute Gasteiger partial charge is 0.0945 e. The summed E-state index contributed by atoms with van der Waals surface area (Å²) in [5.74, 6) is 0. The van der Waals surface area contributed by atoms with Crippen LogP contribution in [0.1, 0.15) is 31.9 Å². The Bertz CT molecular complexity index is 328. The molecule has 1 N–H and O–H groups in total. The van der Waals surface area contributed by atoms with Crippen LogP contribution in [0, 0.1) is 0 Å². The van der Waals surface area contributed by atoms with Gasteiger partial charge in [-0.05, 0) is 32.4 Å². The van der Waals surface area contributed by atoms with Crippen LogP contribution in [-0.2, 0) is 13.6 Å². The fourth-order valence-electron chi connectivity index (χ4n) is 2.57. The van der Waals surface area contributed by atoms with Gasteiger partial charge in [0, 0.05) is 32.4 Å². The summed E-state index contributed by atoms with van der Waals surface area (Å²) in [7, 11) is 2.07. The molecular weight excluding hydrogens is 212 g/mol. The lowest BCUT2D eigenvalue weighted by atomic mass is 10.1. The molecule has 0 radical (unpaired) electrons. The summed E-state index contributed by atoms with van der Waals surface area (Å²) in [6.45, 7) is 6.78. The van der Waals surface area contributed by atoms with Crippen LogP contribution in [0.4, 0.5) is 0 Å². The van der Waals surface area contributed by atoms with Crippen molar-refractivity contribution in [1.82, 2.24) is 19.8 Å². The van der Waals surface area contributed by atoms with E-state index in [1.807, 2.05) is 12.5 Å². The molecule has 0 spiro atoms. The van der Waals surface area contributed by atoms with E-state index in [2.05, 4.69) is 33.7 Å². The van der Waals surface area contributed by atoms with Crippen LogP contribution in [0.3, 0.4) is 0 Å². The highest BCUT2D eigenvalue weighted by molar-refractivity contribution is 4.98. The Balaban J connectivity index is 1.98. The molecule has 17 heavy (non-hydrogen) atoms. The van der Waals surface area contributed by atoms with Crippen molar-refractivity contribution < 1.29 is 0 Å². The first-order valence-corrected chi connectivity index (χ1v) is 6.71. The fraction of sp³-hybridized carbons (Fsp3) is 0.769. The standard InChI is InChI=1S/C13H24N4/c1-3-7-17(12-5-4-6-14-8-12)10-13-9-15-11-16(13)2/h9,11-12,14H,3-8,10H2,1-2H3. The zero-order chi connectivity index (χ0) is 12.1. The highest BCUT2D eigenvalue weighted by atomic mass is 15.2. The minimum absolute atomic E-state index is 0.693. The van der Waals surface area contributed by atoms with Gasteiger partial charge in [-0.1, -0.05) is 6.92 Å². The average Bonchev–Trinajstić information content (AvgIpc) is 2.76. The molecule has 4 heteroatoms. The maximum atomic E-state index is 4.20. The Labute approximate surface area is 104 Å². The highest BCUT2D eigenvalue weighted by Gasteiger charge is 2.20. The molecule has 96 valence electrons. The predicted octanol–water partition coefficient (Wildman–Crippen LogP) is 1.38. The van der Waals surface area contributed by atoms with Gasteiger partial charge < -0.3 is 9.88 Å². The van der Waals surface area contributed by atoms with Crippen molar-refractivity contribution in [2.45, 2.75) is 38.8 Å². The molecule has 0 amide bonds. The van der Waals surface area contributed by atoms with E-state index >= 15 is 0 Å². The van der Waals surface area contributed by atoms with E-state index in [1.165, 1.54) is 38.0 Å². The van der Waals surface area contributed by atoms with Crippen molar-refractivity contribution in [1.29, 1.82) is 0 Å². The molecule has 1 aliphatic rings. The summed E-state index contributed by atoms with van der Waals surface area (Å²) in [5, 5.41) is 3.50. The van der Waals surface area contributed by atoms with Gasteiger partial charge in [0.2, 0.25) is 0 Å². The monoisotopic (exact) mass is 236 g/mol. The average molecular weight is 236 g/mol. The maximum absolute atomic E-state index is 4.20. The van der Waals surface area contributed by atoms with Crippen LogP contribution in [-0.4, -0.2) is 40.1 Å². The normalized spacial score (nSPS) is 21.0. The Kier molecular flexibility index (Phi) is 4.57. The third kappa shape index (κ3) is 3.30. The third-order valence-corrected chi connectivity index (χ3v) is 3.58. The number of rotatable bonds is 5. The van der Waals surface area contributed by atoms with Crippen molar-refractivity contribution in [2.75, 3.05) is 19.6 Å². The van der Waals surface area contributed by atoms with E-state index in [0.717, 1.165) is 13.1 Å². The second-order valence-electron chi connectivity index (χ2n) is 4.97. The van der Waals surface area contributed by atoms with Crippen LogP contribution in [0.15, 0.2) is 12.5 Å². The predicted molar refractivity (Wildman–Crippen MR) is 69.8 cm³/mol. The Morgan fingerprint density at radius 2 is 2.47 bits per heavy atom. The summed E-state index contributed by atoms with van der Waals surface area (Å²) in [6, 6.07) is 0.693.